The van der Waals surface area contributed by atoms with E-state index in [4.69, 9.17) is 0 Å². The molecular formula is C4H7LiSe2. The van der Waals surface area contributed by atoms with E-state index in [-0.39, 0.29) is 18.9 Å². The van der Waals surface area contributed by atoms with Gasteiger partial charge in [0.2, 0.25) is 0 Å². The zero-order valence-electron chi connectivity index (χ0n) is 4.52. The fourth-order valence-electron chi connectivity index (χ4n) is 0.370. The molecule has 0 atom stereocenters. The molecule has 1 rings (SSSR count). The van der Waals surface area contributed by atoms with E-state index in [0.29, 0.717) is 0 Å². The van der Waals surface area contributed by atoms with E-state index in [1.54, 1.807) is 0 Å². The number of hydrogen-bond acceptors (Lipinski definition) is 0. The quantitative estimate of drug-likeness (QED) is 0.320. The van der Waals surface area contributed by atoms with Gasteiger partial charge in [-0.15, -0.1) is 0 Å². The van der Waals surface area contributed by atoms with Crippen LogP contribution in [0.3, 0.4) is 0 Å². The van der Waals surface area contributed by atoms with Gasteiger partial charge in [0, 0.05) is 0 Å². The minimum atomic E-state index is 0. The normalized spacial score (nSPS) is 20.6. The summed E-state index contributed by atoms with van der Waals surface area (Å²) < 4.78 is 2.52. The summed E-state index contributed by atoms with van der Waals surface area (Å²) in [5, 5.41) is 3.05. The van der Waals surface area contributed by atoms with Crippen molar-refractivity contribution >= 4 is 29.9 Å². The molecule has 0 aromatic rings. The molecule has 0 spiro atoms. The molecule has 0 amide bonds. The van der Waals surface area contributed by atoms with Crippen LogP contribution < -0.4 is 18.9 Å². The van der Waals surface area contributed by atoms with Gasteiger partial charge in [-0.25, -0.2) is 0 Å². The monoisotopic (exact) mass is 222 g/mol. The van der Waals surface area contributed by atoms with Crippen LogP contribution in [0.1, 0.15) is 6.42 Å². The first-order valence-corrected chi connectivity index (χ1v) is 6.45. The average molecular weight is 220 g/mol. The van der Waals surface area contributed by atoms with Crippen LogP contribution in [-0.4, -0.2) is 29.9 Å². The first kappa shape index (κ1) is 8.64. The molecule has 1 aliphatic heterocycles. The van der Waals surface area contributed by atoms with Crippen molar-refractivity contribution in [2.24, 2.45) is 0 Å². The van der Waals surface area contributed by atoms with E-state index in [1.165, 1.54) is 17.1 Å². The molecule has 1 aliphatic rings. The number of hydrogen-bond donors (Lipinski definition) is 0. The van der Waals surface area contributed by atoms with Crippen molar-refractivity contribution in [3.63, 3.8) is 0 Å². The number of rotatable bonds is 0. The zero-order valence-corrected chi connectivity index (χ0v) is 7.94. The Bertz CT molecular complexity index is 25.2. The Labute approximate surface area is 69.7 Å². The summed E-state index contributed by atoms with van der Waals surface area (Å²) in [6, 6.07) is 0. The van der Waals surface area contributed by atoms with Gasteiger partial charge < -0.3 is 0 Å². The summed E-state index contributed by atoms with van der Waals surface area (Å²) >= 11 is 1.91. The standard InChI is InChI=1S/C4H7Se2.Li/c1-2-5-4-6-3-1;/h4H,1-3H2;/q-1;+1. The molecule has 0 radical (unpaired) electrons. The molecule has 0 aliphatic carbocycles. The van der Waals surface area contributed by atoms with Crippen LogP contribution in [-0.2, 0) is 0 Å². The molecule has 0 saturated carbocycles. The molecule has 0 aromatic heterocycles. The minimum Gasteiger partial charge on any atom is 1.00 e. The maximum absolute atomic E-state index is 2.52. The van der Waals surface area contributed by atoms with Crippen LogP contribution in [0.4, 0.5) is 0 Å². The molecule has 7 heavy (non-hydrogen) atoms. The van der Waals surface area contributed by atoms with Crippen molar-refractivity contribution in [3.05, 3.63) is 4.22 Å². The predicted octanol–water partition coefficient (Wildman–Crippen LogP) is -2.24. The van der Waals surface area contributed by atoms with Crippen LogP contribution in [0, 0.1) is 4.22 Å². The molecule has 1 fully saturated rings. The van der Waals surface area contributed by atoms with Gasteiger partial charge in [0.15, 0.2) is 0 Å². The largest absolute Gasteiger partial charge is 1.00 e. The van der Waals surface area contributed by atoms with Gasteiger partial charge in [0.1, 0.15) is 0 Å². The van der Waals surface area contributed by atoms with Crippen LogP contribution in [0.2, 0.25) is 10.6 Å². The topological polar surface area (TPSA) is 0 Å². The summed E-state index contributed by atoms with van der Waals surface area (Å²) in [4.78, 5) is 0. The summed E-state index contributed by atoms with van der Waals surface area (Å²) in [6.45, 7) is 0. The first-order valence-electron chi connectivity index (χ1n) is 2.05. The fraction of sp³-hybridized carbons (Fsp3) is 0.750. The predicted molar refractivity (Wildman–Crippen MR) is 30.0 cm³/mol. The van der Waals surface area contributed by atoms with Gasteiger partial charge in [0.25, 0.3) is 0 Å². The van der Waals surface area contributed by atoms with Crippen molar-refractivity contribution in [2.45, 2.75) is 17.1 Å². The van der Waals surface area contributed by atoms with E-state index in [0.717, 1.165) is 29.9 Å². The fourth-order valence-corrected chi connectivity index (χ4v) is 6.35. The van der Waals surface area contributed by atoms with E-state index in [1.807, 2.05) is 0 Å². The molecule has 3 heteroatoms. The Kier molecular flexibility index (Phi) is 7.12. The van der Waals surface area contributed by atoms with Gasteiger partial charge in [-0.3, -0.25) is 0 Å². The van der Waals surface area contributed by atoms with Gasteiger partial charge >= 0.3 is 70.1 Å². The Morgan fingerprint density at radius 1 is 1.14 bits per heavy atom. The second kappa shape index (κ2) is 5.77. The van der Waals surface area contributed by atoms with Crippen molar-refractivity contribution in [1.82, 2.24) is 0 Å². The SMILES string of the molecule is [CH-]1[Se]CCC[Se]1.[Li+]. The molecule has 0 nitrogen and oxygen atoms in total. The van der Waals surface area contributed by atoms with Gasteiger partial charge in [-0.05, 0) is 0 Å². The summed E-state index contributed by atoms with van der Waals surface area (Å²) in [6.07, 6.45) is 1.52. The molecule has 0 N–H and O–H groups in total. The molecule has 0 bridgehead atoms. The van der Waals surface area contributed by atoms with Gasteiger partial charge in [0.05, 0.1) is 0 Å². The maximum Gasteiger partial charge on any atom is 1.00 e. The van der Waals surface area contributed by atoms with Crippen LogP contribution in [0.25, 0.3) is 0 Å². The molecule has 0 unspecified atom stereocenters. The van der Waals surface area contributed by atoms with Crippen LogP contribution in [0.15, 0.2) is 0 Å². The summed E-state index contributed by atoms with van der Waals surface area (Å²) in [7, 11) is 0. The maximum atomic E-state index is 2.52. The first-order chi connectivity index (χ1) is 3.00. The summed E-state index contributed by atoms with van der Waals surface area (Å²) in [5.41, 5.74) is 0. The Morgan fingerprint density at radius 2 is 1.71 bits per heavy atom. The van der Waals surface area contributed by atoms with E-state index in [9.17, 15) is 0 Å². The van der Waals surface area contributed by atoms with Crippen molar-refractivity contribution in [2.75, 3.05) is 0 Å². The Hall–Kier alpha value is 1.64. The minimum absolute atomic E-state index is 0. The Morgan fingerprint density at radius 3 is 1.86 bits per heavy atom. The van der Waals surface area contributed by atoms with E-state index in [2.05, 4.69) is 4.22 Å². The van der Waals surface area contributed by atoms with Crippen LogP contribution >= 0.6 is 0 Å². The molecule has 1 saturated heterocycles. The second-order valence-electron chi connectivity index (χ2n) is 1.19. The molecule has 36 valence electrons. The van der Waals surface area contributed by atoms with E-state index >= 15 is 0 Å². The van der Waals surface area contributed by atoms with Gasteiger partial charge in [-0.1, -0.05) is 0 Å². The second-order valence-corrected chi connectivity index (χ2v) is 6.81. The van der Waals surface area contributed by atoms with Crippen molar-refractivity contribution < 1.29 is 18.9 Å². The smallest absolute Gasteiger partial charge is 1.00 e. The third kappa shape index (κ3) is 4.16. The Balaban J connectivity index is 0.000000360. The summed E-state index contributed by atoms with van der Waals surface area (Å²) in [5.74, 6) is 0. The molecule has 0 aromatic carbocycles. The zero-order chi connectivity index (χ0) is 4.24. The average Bonchev–Trinajstić information content (AvgIpc) is 1.72. The van der Waals surface area contributed by atoms with Gasteiger partial charge in [-0.2, -0.15) is 0 Å². The third-order valence-corrected chi connectivity index (χ3v) is 6.40. The van der Waals surface area contributed by atoms with Crippen molar-refractivity contribution in [1.29, 1.82) is 0 Å². The van der Waals surface area contributed by atoms with Crippen molar-refractivity contribution in [3.8, 4) is 0 Å². The van der Waals surface area contributed by atoms with Crippen LogP contribution in [0.5, 0.6) is 0 Å². The molecule has 1 heterocycles. The molecular weight excluding hydrogens is 213 g/mol. The van der Waals surface area contributed by atoms with E-state index < -0.39 is 0 Å². The third-order valence-electron chi connectivity index (χ3n) is 0.660.